The molecule has 0 atom stereocenters. The highest BCUT2D eigenvalue weighted by molar-refractivity contribution is 6.12. The number of fused-ring (bicyclic) bond motifs is 1. The summed E-state index contributed by atoms with van der Waals surface area (Å²) in [6, 6.07) is 10.2. The topological polar surface area (TPSA) is 68.3 Å². The highest BCUT2D eigenvalue weighted by Gasteiger charge is 2.20. The molecule has 0 radical (unpaired) electrons. The van der Waals surface area contributed by atoms with Crippen LogP contribution >= 0.6 is 0 Å². The number of para-hydroxylation sites is 1. The minimum Gasteiger partial charge on any atom is -0.465 e. The van der Waals surface area contributed by atoms with E-state index < -0.39 is 29.1 Å². The zero-order valence-corrected chi connectivity index (χ0v) is 15.5. The number of carbonyl (C=O) groups is 2. The summed E-state index contributed by atoms with van der Waals surface area (Å²) in [5.74, 6) is -3.56. The number of pyridine rings is 1. The molecule has 5 nitrogen and oxygen atoms in total. The molecule has 2 aromatic carbocycles. The van der Waals surface area contributed by atoms with Crippen molar-refractivity contribution in [2.75, 3.05) is 12.4 Å². The van der Waals surface area contributed by atoms with Crippen molar-refractivity contribution in [1.29, 1.82) is 0 Å². The third kappa shape index (κ3) is 3.69. The lowest BCUT2D eigenvalue weighted by atomic mass is 10.0. The number of nitrogens with one attached hydrogen (secondary N) is 1. The molecule has 0 saturated heterocycles. The molecule has 144 valence electrons. The van der Waals surface area contributed by atoms with Gasteiger partial charge in [-0.25, -0.2) is 13.6 Å². The summed E-state index contributed by atoms with van der Waals surface area (Å²) in [5, 5.41) is 3.01. The van der Waals surface area contributed by atoms with Crippen LogP contribution in [0.15, 0.2) is 42.5 Å². The summed E-state index contributed by atoms with van der Waals surface area (Å²) >= 11 is 0. The molecule has 1 aromatic heterocycles. The van der Waals surface area contributed by atoms with Gasteiger partial charge in [-0.2, -0.15) is 0 Å². The van der Waals surface area contributed by atoms with Crippen LogP contribution in [0.5, 0.6) is 0 Å². The van der Waals surface area contributed by atoms with Crippen LogP contribution < -0.4 is 5.32 Å². The predicted octanol–water partition coefficient (Wildman–Crippen LogP) is 4.68. The molecular weight excluding hydrogens is 366 g/mol. The Morgan fingerprint density at radius 3 is 2.43 bits per heavy atom. The van der Waals surface area contributed by atoms with E-state index in [2.05, 4.69) is 15.0 Å². The maximum atomic E-state index is 14.2. The van der Waals surface area contributed by atoms with Crippen molar-refractivity contribution in [3.63, 3.8) is 0 Å². The van der Waals surface area contributed by atoms with Gasteiger partial charge in [-0.15, -0.1) is 0 Å². The van der Waals surface area contributed by atoms with Gasteiger partial charge >= 0.3 is 5.97 Å². The molecule has 0 saturated carbocycles. The number of methoxy groups -OCH3 is 1. The van der Waals surface area contributed by atoms with Crippen LogP contribution in [0.2, 0.25) is 0 Å². The first-order valence-corrected chi connectivity index (χ1v) is 8.60. The Bertz CT molecular complexity index is 1080. The highest BCUT2D eigenvalue weighted by atomic mass is 19.1. The molecular formula is C21H18F2N2O3. The third-order valence-corrected chi connectivity index (χ3v) is 4.28. The van der Waals surface area contributed by atoms with E-state index >= 15 is 0 Å². The summed E-state index contributed by atoms with van der Waals surface area (Å²) in [5.41, 5.74) is 0.852. The maximum Gasteiger partial charge on any atom is 0.340 e. The van der Waals surface area contributed by atoms with E-state index in [4.69, 9.17) is 0 Å². The standard InChI is InChI=1S/C21H18F2N2O3/c1-11(2)18-8-13(12-6-4-5-7-17(12)24-18)20(26)25-19-9-14(21(27)28-3)15(22)10-16(19)23/h4-11H,1-3H3,(H,25,26). The molecule has 28 heavy (non-hydrogen) atoms. The second kappa shape index (κ2) is 7.72. The fraction of sp³-hybridized carbons (Fsp3) is 0.190. The van der Waals surface area contributed by atoms with Gasteiger partial charge in [0.2, 0.25) is 0 Å². The summed E-state index contributed by atoms with van der Waals surface area (Å²) in [4.78, 5) is 29.1. The lowest BCUT2D eigenvalue weighted by Gasteiger charge is -2.13. The first-order chi connectivity index (χ1) is 13.3. The Labute approximate surface area is 160 Å². The van der Waals surface area contributed by atoms with E-state index in [9.17, 15) is 18.4 Å². The van der Waals surface area contributed by atoms with Gasteiger partial charge in [-0.3, -0.25) is 9.78 Å². The van der Waals surface area contributed by atoms with E-state index in [1.165, 1.54) is 0 Å². The quantitative estimate of drug-likeness (QED) is 0.664. The number of aromatic nitrogens is 1. The van der Waals surface area contributed by atoms with Gasteiger partial charge in [0.25, 0.3) is 5.91 Å². The van der Waals surface area contributed by atoms with Crippen molar-refractivity contribution in [3.05, 3.63) is 70.9 Å². The predicted molar refractivity (Wildman–Crippen MR) is 101 cm³/mol. The van der Waals surface area contributed by atoms with E-state index in [-0.39, 0.29) is 11.6 Å². The SMILES string of the molecule is COC(=O)c1cc(NC(=O)c2cc(C(C)C)nc3ccccc23)c(F)cc1F. The minimum atomic E-state index is -1.07. The van der Waals surface area contributed by atoms with E-state index in [1.54, 1.807) is 24.3 Å². The zero-order chi connectivity index (χ0) is 20.4. The lowest BCUT2D eigenvalue weighted by Crippen LogP contribution is -2.16. The number of halogens is 2. The van der Waals surface area contributed by atoms with Gasteiger partial charge in [0, 0.05) is 17.1 Å². The molecule has 0 aliphatic rings. The second-order valence-electron chi connectivity index (χ2n) is 6.52. The maximum absolute atomic E-state index is 14.2. The number of carbonyl (C=O) groups excluding carboxylic acids is 2. The fourth-order valence-electron chi connectivity index (χ4n) is 2.78. The Hall–Kier alpha value is -3.35. The molecule has 0 bridgehead atoms. The zero-order valence-electron chi connectivity index (χ0n) is 15.5. The Balaban J connectivity index is 2.06. The van der Waals surface area contributed by atoms with Gasteiger partial charge in [-0.1, -0.05) is 32.0 Å². The molecule has 0 aliphatic heterocycles. The largest absolute Gasteiger partial charge is 0.465 e. The van der Waals surface area contributed by atoms with Crippen LogP contribution in [-0.2, 0) is 4.74 Å². The van der Waals surface area contributed by atoms with Gasteiger partial charge < -0.3 is 10.1 Å². The van der Waals surface area contributed by atoms with Gasteiger partial charge in [0.1, 0.15) is 11.6 Å². The van der Waals surface area contributed by atoms with Crippen LogP contribution in [0.3, 0.4) is 0 Å². The number of amides is 1. The molecule has 0 unspecified atom stereocenters. The van der Waals surface area contributed by atoms with Gasteiger partial charge in [-0.05, 0) is 24.1 Å². The van der Waals surface area contributed by atoms with Crippen LogP contribution in [0.1, 0.15) is 46.2 Å². The third-order valence-electron chi connectivity index (χ3n) is 4.28. The van der Waals surface area contributed by atoms with Gasteiger partial charge in [0.15, 0.2) is 0 Å². The molecule has 3 aromatic rings. The van der Waals surface area contributed by atoms with Crippen LogP contribution in [0.25, 0.3) is 10.9 Å². The number of esters is 1. The molecule has 1 amide bonds. The van der Waals surface area contributed by atoms with E-state index in [0.29, 0.717) is 28.2 Å². The normalized spacial score (nSPS) is 10.9. The van der Waals surface area contributed by atoms with Crippen LogP contribution in [0, 0.1) is 11.6 Å². The molecule has 0 fully saturated rings. The number of hydrogen-bond acceptors (Lipinski definition) is 4. The number of anilines is 1. The molecule has 3 rings (SSSR count). The van der Waals surface area contributed by atoms with Crippen molar-refractivity contribution in [3.8, 4) is 0 Å². The van der Waals surface area contributed by atoms with Gasteiger partial charge in [0.05, 0.1) is 29.4 Å². The molecule has 7 heteroatoms. The highest BCUT2D eigenvalue weighted by Crippen LogP contribution is 2.25. The van der Waals surface area contributed by atoms with E-state index in [1.807, 2.05) is 19.9 Å². The minimum absolute atomic E-state index is 0.0737. The second-order valence-corrected chi connectivity index (χ2v) is 6.52. The first-order valence-electron chi connectivity index (χ1n) is 8.60. The summed E-state index contributed by atoms with van der Waals surface area (Å²) in [6.07, 6.45) is 0. The van der Waals surface area contributed by atoms with Crippen molar-refractivity contribution >= 4 is 28.5 Å². The fourth-order valence-corrected chi connectivity index (χ4v) is 2.78. The molecule has 0 spiro atoms. The Morgan fingerprint density at radius 2 is 1.75 bits per heavy atom. The number of nitrogens with zero attached hydrogens (tertiary/aromatic N) is 1. The Morgan fingerprint density at radius 1 is 1.04 bits per heavy atom. The molecule has 1 N–H and O–H groups in total. The number of hydrogen-bond donors (Lipinski definition) is 1. The molecule has 1 heterocycles. The first kappa shape index (κ1) is 19.4. The summed E-state index contributed by atoms with van der Waals surface area (Å²) in [6.45, 7) is 3.89. The smallest absolute Gasteiger partial charge is 0.340 e. The average molecular weight is 384 g/mol. The van der Waals surface area contributed by atoms with Crippen molar-refractivity contribution in [1.82, 2.24) is 4.98 Å². The van der Waals surface area contributed by atoms with Crippen LogP contribution in [-0.4, -0.2) is 24.0 Å². The van der Waals surface area contributed by atoms with Crippen molar-refractivity contribution < 1.29 is 23.1 Å². The lowest BCUT2D eigenvalue weighted by molar-refractivity contribution is 0.0595. The summed E-state index contributed by atoms with van der Waals surface area (Å²) in [7, 11) is 1.08. The Kier molecular flexibility index (Phi) is 5.35. The number of rotatable bonds is 4. The monoisotopic (exact) mass is 384 g/mol. The van der Waals surface area contributed by atoms with Crippen LogP contribution in [0.4, 0.5) is 14.5 Å². The molecule has 0 aliphatic carbocycles. The summed E-state index contributed by atoms with van der Waals surface area (Å²) < 4.78 is 32.5. The number of benzene rings is 2. The van der Waals surface area contributed by atoms with E-state index in [0.717, 1.165) is 13.2 Å². The number of ether oxygens (including phenoxy) is 1. The van der Waals surface area contributed by atoms with Crippen molar-refractivity contribution in [2.45, 2.75) is 19.8 Å². The van der Waals surface area contributed by atoms with Crippen molar-refractivity contribution in [2.24, 2.45) is 0 Å². The average Bonchev–Trinajstić information content (AvgIpc) is 2.68.